The molecule has 0 unspecified atom stereocenters. The smallest absolute Gasteiger partial charge is 0.260 e. The molecule has 26 heavy (non-hydrogen) atoms. The SMILES string of the molecule is O=C1c2ccccc2[C@@H](Nc2c(Cl)cccc2Cl)N1c1ccc(Cl)cc1. The van der Waals surface area contributed by atoms with Crippen molar-refractivity contribution in [3.05, 3.63) is 92.9 Å². The van der Waals surface area contributed by atoms with Crippen LogP contribution in [0.2, 0.25) is 15.1 Å². The molecule has 0 saturated carbocycles. The lowest BCUT2D eigenvalue weighted by molar-refractivity contribution is 0.0993. The van der Waals surface area contributed by atoms with Gasteiger partial charge in [0.05, 0.1) is 15.7 Å². The van der Waals surface area contributed by atoms with Gasteiger partial charge in [0.25, 0.3) is 5.91 Å². The maximum Gasteiger partial charge on any atom is 0.260 e. The standard InChI is InChI=1S/C20H13Cl3N2O/c21-12-8-10-13(11-9-12)25-19(14-4-1-2-5-15(14)20(25)26)24-18-16(22)6-3-7-17(18)23/h1-11,19,24H/t19-/m0/s1. The molecule has 3 aromatic carbocycles. The van der Waals surface area contributed by atoms with Gasteiger partial charge >= 0.3 is 0 Å². The monoisotopic (exact) mass is 402 g/mol. The highest BCUT2D eigenvalue weighted by molar-refractivity contribution is 6.39. The molecule has 0 saturated heterocycles. The Balaban J connectivity index is 1.82. The Morgan fingerprint density at radius 1 is 0.808 bits per heavy atom. The molecule has 6 heteroatoms. The van der Waals surface area contributed by atoms with E-state index in [1.165, 1.54) is 0 Å². The molecule has 1 heterocycles. The number of fused-ring (bicyclic) bond motifs is 1. The number of anilines is 2. The van der Waals surface area contributed by atoms with E-state index < -0.39 is 6.17 Å². The van der Waals surface area contributed by atoms with Crippen molar-refractivity contribution in [2.75, 3.05) is 10.2 Å². The van der Waals surface area contributed by atoms with Crippen molar-refractivity contribution in [3.63, 3.8) is 0 Å². The van der Waals surface area contributed by atoms with Crippen LogP contribution in [0.15, 0.2) is 66.7 Å². The second kappa shape index (κ2) is 6.84. The van der Waals surface area contributed by atoms with Crippen LogP contribution in [0.3, 0.4) is 0 Å². The van der Waals surface area contributed by atoms with Gasteiger partial charge in [-0.25, -0.2) is 0 Å². The third kappa shape index (κ3) is 2.92. The summed E-state index contributed by atoms with van der Waals surface area (Å²) in [6.45, 7) is 0. The van der Waals surface area contributed by atoms with Gasteiger partial charge in [-0.2, -0.15) is 0 Å². The first-order valence-corrected chi connectivity index (χ1v) is 9.08. The molecular weight excluding hydrogens is 391 g/mol. The number of amides is 1. The predicted molar refractivity (Wildman–Crippen MR) is 108 cm³/mol. The Labute approximate surface area is 166 Å². The average Bonchev–Trinajstić information content (AvgIpc) is 2.92. The van der Waals surface area contributed by atoms with Crippen molar-refractivity contribution in [1.29, 1.82) is 0 Å². The van der Waals surface area contributed by atoms with Crippen molar-refractivity contribution < 1.29 is 4.79 Å². The Morgan fingerprint density at radius 3 is 2.15 bits per heavy atom. The van der Waals surface area contributed by atoms with Gasteiger partial charge in [0.1, 0.15) is 6.17 Å². The number of rotatable bonds is 3. The first kappa shape index (κ1) is 17.2. The Hall–Kier alpha value is -2.20. The lowest BCUT2D eigenvalue weighted by Gasteiger charge is -2.28. The molecule has 130 valence electrons. The molecule has 1 atom stereocenters. The predicted octanol–water partition coefficient (Wildman–Crippen LogP) is 6.42. The topological polar surface area (TPSA) is 32.3 Å². The van der Waals surface area contributed by atoms with Crippen LogP contribution in [0.25, 0.3) is 0 Å². The van der Waals surface area contributed by atoms with Crippen LogP contribution in [0.4, 0.5) is 11.4 Å². The van der Waals surface area contributed by atoms with Crippen LogP contribution < -0.4 is 10.2 Å². The highest BCUT2D eigenvalue weighted by atomic mass is 35.5. The molecule has 3 nitrogen and oxygen atoms in total. The zero-order chi connectivity index (χ0) is 18.3. The molecule has 4 rings (SSSR count). The largest absolute Gasteiger partial charge is 0.359 e. The second-order valence-corrected chi connectivity index (χ2v) is 7.13. The maximum atomic E-state index is 13.0. The molecule has 3 aromatic rings. The van der Waals surface area contributed by atoms with Gasteiger partial charge < -0.3 is 5.32 Å². The summed E-state index contributed by atoms with van der Waals surface area (Å²) in [6.07, 6.45) is -0.433. The molecule has 0 spiro atoms. The number of hydrogen-bond acceptors (Lipinski definition) is 2. The van der Waals surface area contributed by atoms with Crippen LogP contribution in [0.1, 0.15) is 22.1 Å². The van der Waals surface area contributed by atoms with Crippen LogP contribution in [-0.4, -0.2) is 5.91 Å². The molecule has 1 N–H and O–H groups in total. The fourth-order valence-corrected chi connectivity index (χ4v) is 3.73. The van der Waals surface area contributed by atoms with Gasteiger partial charge in [-0.1, -0.05) is 59.1 Å². The van der Waals surface area contributed by atoms with Crippen molar-refractivity contribution in [3.8, 4) is 0 Å². The van der Waals surface area contributed by atoms with Crippen molar-refractivity contribution >= 4 is 52.1 Å². The van der Waals surface area contributed by atoms with E-state index >= 15 is 0 Å². The highest BCUT2D eigenvalue weighted by Crippen LogP contribution is 2.41. The molecule has 0 radical (unpaired) electrons. The van der Waals surface area contributed by atoms with Crippen molar-refractivity contribution in [2.24, 2.45) is 0 Å². The van der Waals surface area contributed by atoms with Gasteiger partial charge in [0.2, 0.25) is 0 Å². The number of nitrogens with zero attached hydrogens (tertiary/aromatic N) is 1. The minimum absolute atomic E-state index is 0.0939. The molecule has 1 aliphatic rings. The van der Waals surface area contributed by atoms with E-state index in [0.29, 0.717) is 26.3 Å². The number of benzene rings is 3. The Kier molecular flexibility index (Phi) is 4.53. The van der Waals surface area contributed by atoms with E-state index in [2.05, 4.69) is 5.32 Å². The molecule has 1 amide bonds. The number of carbonyl (C=O) groups is 1. The molecule has 0 fully saturated rings. The summed E-state index contributed by atoms with van der Waals surface area (Å²) in [7, 11) is 0. The van der Waals surface area contributed by atoms with Gasteiger partial charge in [-0.3, -0.25) is 9.69 Å². The van der Waals surface area contributed by atoms with E-state index in [0.717, 1.165) is 11.3 Å². The zero-order valence-electron chi connectivity index (χ0n) is 13.4. The van der Waals surface area contributed by atoms with Crippen molar-refractivity contribution in [1.82, 2.24) is 0 Å². The first-order valence-electron chi connectivity index (χ1n) is 7.95. The summed E-state index contributed by atoms with van der Waals surface area (Å²) < 4.78 is 0. The van der Waals surface area contributed by atoms with Gasteiger partial charge in [0.15, 0.2) is 0 Å². The van der Waals surface area contributed by atoms with Gasteiger partial charge in [-0.05, 0) is 42.5 Å². The van der Waals surface area contributed by atoms with E-state index in [-0.39, 0.29) is 5.91 Å². The van der Waals surface area contributed by atoms with Crippen LogP contribution in [0.5, 0.6) is 0 Å². The van der Waals surface area contributed by atoms with Gasteiger partial charge in [-0.15, -0.1) is 0 Å². The minimum atomic E-state index is -0.433. The highest BCUT2D eigenvalue weighted by Gasteiger charge is 2.38. The average molecular weight is 404 g/mol. The zero-order valence-corrected chi connectivity index (χ0v) is 15.7. The maximum absolute atomic E-state index is 13.0. The summed E-state index contributed by atoms with van der Waals surface area (Å²) >= 11 is 18.6. The third-order valence-electron chi connectivity index (χ3n) is 4.31. The summed E-state index contributed by atoms with van der Waals surface area (Å²) in [4.78, 5) is 14.7. The fraction of sp³-hybridized carbons (Fsp3) is 0.0500. The number of hydrogen-bond donors (Lipinski definition) is 1. The summed E-state index contributed by atoms with van der Waals surface area (Å²) in [5.74, 6) is -0.0939. The first-order chi connectivity index (χ1) is 12.6. The summed E-state index contributed by atoms with van der Waals surface area (Å²) in [6, 6.07) is 19.9. The Morgan fingerprint density at radius 2 is 1.46 bits per heavy atom. The summed E-state index contributed by atoms with van der Waals surface area (Å²) in [5.41, 5.74) is 2.83. The van der Waals surface area contributed by atoms with Crippen LogP contribution in [0, 0.1) is 0 Å². The normalized spacial score (nSPS) is 15.9. The second-order valence-electron chi connectivity index (χ2n) is 5.88. The van der Waals surface area contributed by atoms with Crippen LogP contribution >= 0.6 is 34.8 Å². The molecule has 0 bridgehead atoms. The lowest BCUT2D eigenvalue weighted by Crippen LogP contribution is -2.32. The van der Waals surface area contributed by atoms with E-state index in [4.69, 9.17) is 34.8 Å². The lowest BCUT2D eigenvalue weighted by atomic mass is 10.1. The van der Waals surface area contributed by atoms with Crippen molar-refractivity contribution in [2.45, 2.75) is 6.17 Å². The number of para-hydroxylation sites is 1. The quantitative estimate of drug-likeness (QED) is 0.547. The summed E-state index contributed by atoms with van der Waals surface area (Å²) in [5, 5.41) is 4.93. The molecule has 1 aliphatic heterocycles. The fourth-order valence-electron chi connectivity index (χ4n) is 3.10. The van der Waals surface area contributed by atoms with E-state index in [9.17, 15) is 4.79 Å². The van der Waals surface area contributed by atoms with E-state index in [1.807, 2.05) is 36.4 Å². The van der Waals surface area contributed by atoms with E-state index in [1.54, 1.807) is 35.2 Å². The van der Waals surface area contributed by atoms with Crippen LogP contribution in [-0.2, 0) is 0 Å². The Bertz CT molecular complexity index is 968. The number of carbonyl (C=O) groups excluding carboxylic acids is 1. The number of halogens is 3. The number of nitrogens with one attached hydrogen (secondary N) is 1. The molecule has 0 aliphatic carbocycles. The minimum Gasteiger partial charge on any atom is -0.359 e. The van der Waals surface area contributed by atoms with Gasteiger partial charge in [0, 0.05) is 21.8 Å². The molecular formula is C20H13Cl3N2O. The third-order valence-corrected chi connectivity index (χ3v) is 5.19. The molecule has 0 aromatic heterocycles.